The van der Waals surface area contributed by atoms with Crippen LogP contribution < -0.4 is 10.1 Å². The molecule has 0 unspecified atom stereocenters. The molecule has 122 valence electrons. The Morgan fingerprint density at radius 2 is 1.91 bits per heavy atom. The molecule has 0 aromatic heterocycles. The van der Waals surface area contributed by atoms with Crippen LogP contribution in [0.1, 0.15) is 43.7 Å². The molecule has 1 aromatic rings. The highest BCUT2D eigenvalue weighted by atomic mass is 16.5. The van der Waals surface area contributed by atoms with Gasteiger partial charge in [0.05, 0.1) is 7.11 Å². The number of hydrogen-bond donors (Lipinski definition) is 1. The van der Waals surface area contributed by atoms with Gasteiger partial charge in [0.2, 0.25) is 0 Å². The van der Waals surface area contributed by atoms with Crippen LogP contribution >= 0.6 is 0 Å². The lowest BCUT2D eigenvalue weighted by atomic mass is 9.78. The number of anilines is 1. The highest BCUT2D eigenvalue weighted by Gasteiger charge is 2.42. The quantitative estimate of drug-likeness (QED) is 0.919. The maximum absolute atomic E-state index is 12.8. The van der Waals surface area contributed by atoms with Crippen molar-refractivity contribution < 1.29 is 14.3 Å². The number of amides is 1. The number of carbonyl (C=O) groups is 1. The first-order valence-electron chi connectivity index (χ1n) is 7.93. The zero-order chi connectivity index (χ0) is 16.3. The lowest BCUT2D eigenvalue weighted by Crippen LogP contribution is -2.47. The normalized spacial score (nSPS) is 24.9. The minimum absolute atomic E-state index is 0.0366. The fraction of sp³-hybridized carbons (Fsp3) is 0.611. The fourth-order valence-electron chi connectivity index (χ4n) is 3.58. The Kier molecular flexibility index (Phi) is 5.12. The molecule has 0 bridgehead atoms. The highest BCUT2D eigenvalue weighted by Crippen LogP contribution is 2.36. The van der Waals surface area contributed by atoms with E-state index in [0.717, 1.165) is 41.8 Å². The first-order valence-corrected chi connectivity index (χ1v) is 7.93. The summed E-state index contributed by atoms with van der Waals surface area (Å²) in [6.45, 7) is 6.15. The van der Waals surface area contributed by atoms with Gasteiger partial charge in [-0.15, -0.1) is 0 Å². The van der Waals surface area contributed by atoms with Gasteiger partial charge in [-0.3, -0.25) is 4.79 Å². The number of benzene rings is 1. The Bertz CT molecular complexity index is 532. The molecule has 0 spiro atoms. The third kappa shape index (κ3) is 3.27. The van der Waals surface area contributed by atoms with Crippen molar-refractivity contribution in [3.8, 4) is 5.75 Å². The smallest absolute Gasteiger partial charge is 0.256 e. The van der Waals surface area contributed by atoms with E-state index >= 15 is 0 Å². The van der Waals surface area contributed by atoms with E-state index in [0.29, 0.717) is 5.92 Å². The van der Waals surface area contributed by atoms with E-state index in [1.165, 1.54) is 6.42 Å². The minimum atomic E-state index is -0.695. The summed E-state index contributed by atoms with van der Waals surface area (Å²) in [4.78, 5) is 12.8. The van der Waals surface area contributed by atoms with Gasteiger partial charge in [0.15, 0.2) is 0 Å². The third-order valence-corrected chi connectivity index (χ3v) is 4.68. The Morgan fingerprint density at radius 1 is 1.27 bits per heavy atom. The molecular weight excluding hydrogens is 278 g/mol. The molecule has 1 N–H and O–H groups in total. The summed E-state index contributed by atoms with van der Waals surface area (Å²) in [5.41, 5.74) is 2.14. The molecule has 1 aliphatic rings. The van der Waals surface area contributed by atoms with E-state index in [1.807, 2.05) is 26.0 Å². The summed E-state index contributed by atoms with van der Waals surface area (Å²) in [6, 6.07) is 3.89. The van der Waals surface area contributed by atoms with Crippen molar-refractivity contribution in [2.24, 2.45) is 5.92 Å². The molecule has 0 heterocycles. The Balaban J connectivity index is 2.20. The molecule has 2 atom stereocenters. The van der Waals surface area contributed by atoms with Gasteiger partial charge >= 0.3 is 0 Å². The lowest BCUT2D eigenvalue weighted by Gasteiger charge is -2.37. The van der Waals surface area contributed by atoms with E-state index in [-0.39, 0.29) is 5.91 Å². The van der Waals surface area contributed by atoms with E-state index in [9.17, 15) is 4.79 Å². The van der Waals surface area contributed by atoms with Crippen LogP contribution in [0.25, 0.3) is 0 Å². The van der Waals surface area contributed by atoms with Crippen molar-refractivity contribution in [1.82, 2.24) is 0 Å². The third-order valence-electron chi connectivity index (χ3n) is 4.68. The average Bonchev–Trinajstić information content (AvgIpc) is 2.46. The van der Waals surface area contributed by atoms with Crippen molar-refractivity contribution in [2.45, 2.75) is 52.1 Å². The second-order valence-electron chi connectivity index (χ2n) is 6.50. The second kappa shape index (κ2) is 6.69. The van der Waals surface area contributed by atoms with E-state index in [1.54, 1.807) is 14.2 Å². The standard InChI is InChI=1S/C18H27NO3/c1-12-7-6-8-18(11-12,22-5)17(20)19-15-9-13(2)16(21-4)14(3)10-15/h9-10,12H,6-8,11H2,1-5H3,(H,19,20)/t12-,18-/m0/s1. The first kappa shape index (κ1) is 16.8. The molecule has 1 fully saturated rings. The van der Waals surface area contributed by atoms with E-state index < -0.39 is 5.60 Å². The van der Waals surface area contributed by atoms with Crippen molar-refractivity contribution in [3.63, 3.8) is 0 Å². The predicted octanol–water partition coefficient (Wildman–Crippen LogP) is 3.85. The monoisotopic (exact) mass is 305 g/mol. The molecule has 4 heteroatoms. The molecule has 2 rings (SSSR count). The highest BCUT2D eigenvalue weighted by molar-refractivity contribution is 5.97. The van der Waals surface area contributed by atoms with Gasteiger partial charge in [-0.25, -0.2) is 0 Å². The maximum atomic E-state index is 12.8. The van der Waals surface area contributed by atoms with Gasteiger partial charge in [-0.05, 0) is 62.3 Å². The van der Waals surface area contributed by atoms with Gasteiger partial charge in [0.25, 0.3) is 5.91 Å². The van der Waals surface area contributed by atoms with E-state index in [2.05, 4.69) is 12.2 Å². The van der Waals surface area contributed by atoms with Crippen molar-refractivity contribution in [3.05, 3.63) is 23.3 Å². The number of rotatable bonds is 4. The molecule has 0 radical (unpaired) electrons. The summed E-state index contributed by atoms with van der Waals surface area (Å²) in [5.74, 6) is 1.34. The molecule has 1 saturated carbocycles. The Labute approximate surface area is 133 Å². The average molecular weight is 305 g/mol. The number of nitrogens with one attached hydrogen (secondary N) is 1. The van der Waals surface area contributed by atoms with E-state index in [4.69, 9.17) is 9.47 Å². The lowest BCUT2D eigenvalue weighted by molar-refractivity contribution is -0.143. The molecule has 1 aliphatic carbocycles. The number of aryl methyl sites for hydroxylation is 2. The summed E-state index contributed by atoms with van der Waals surface area (Å²) in [6.07, 6.45) is 3.76. The summed E-state index contributed by atoms with van der Waals surface area (Å²) >= 11 is 0. The topological polar surface area (TPSA) is 47.6 Å². The number of ether oxygens (including phenoxy) is 2. The van der Waals surface area contributed by atoms with Crippen molar-refractivity contribution in [1.29, 1.82) is 0 Å². The predicted molar refractivity (Wildman–Crippen MR) is 88.5 cm³/mol. The number of carbonyl (C=O) groups excluding carboxylic acids is 1. The largest absolute Gasteiger partial charge is 0.496 e. The van der Waals surface area contributed by atoms with Gasteiger partial charge in [0.1, 0.15) is 11.4 Å². The summed E-state index contributed by atoms with van der Waals surface area (Å²) < 4.78 is 11.0. The zero-order valence-corrected chi connectivity index (χ0v) is 14.3. The minimum Gasteiger partial charge on any atom is -0.496 e. The first-order chi connectivity index (χ1) is 10.4. The number of methoxy groups -OCH3 is 2. The van der Waals surface area contributed by atoms with Crippen LogP contribution in [0.4, 0.5) is 5.69 Å². The number of hydrogen-bond acceptors (Lipinski definition) is 3. The van der Waals surface area contributed by atoms with Gasteiger partial charge in [-0.1, -0.05) is 13.3 Å². The van der Waals surface area contributed by atoms with Crippen LogP contribution in [0.15, 0.2) is 12.1 Å². The molecule has 0 saturated heterocycles. The van der Waals surface area contributed by atoms with Crippen LogP contribution in [0, 0.1) is 19.8 Å². The van der Waals surface area contributed by atoms with Gasteiger partial charge in [-0.2, -0.15) is 0 Å². The molecular formula is C18H27NO3. The zero-order valence-electron chi connectivity index (χ0n) is 14.3. The fourth-order valence-corrected chi connectivity index (χ4v) is 3.58. The van der Waals surface area contributed by atoms with Crippen molar-refractivity contribution >= 4 is 11.6 Å². The van der Waals surface area contributed by atoms with Gasteiger partial charge in [0, 0.05) is 12.8 Å². The second-order valence-corrected chi connectivity index (χ2v) is 6.50. The summed E-state index contributed by atoms with van der Waals surface area (Å²) in [7, 11) is 3.30. The molecule has 1 aromatic carbocycles. The van der Waals surface area contributed by atoms with Crippen LogP contribution in [0.2, 0.25) is 0 Å². The Hall–Kier alpha value is -1.55. The molecule has 4 nitrogen and oxygen atoms in total. The molecule has 1 amide bonds. The summed E-state index contributed by atoms with van der Waals surface area (Å²) in [5, 5.41) is 3.04. The Morgan fingerprint density at radius 3 is 2.41 bits per heavy atom. The van der Waals surface area contributed by atoms with Crippen LogP contribution in [-0.2, 0) is 9.53 Å². The van der Waals surface area contributed by atoms with Crippen molar-refractivity contribution in [2.75, 3.05) is 19.5 Å². The maximum Gasteiger partial charge on any atom is 0.256 e. The van der Waals surface area contributed by atoms with Gasteiger partial charge < -0.3 is 14.8 Å². The van der Waals surface area contributed by atoms with Crippen LogP contribution in [-0.4, -0.2) is 25.7 Å². The molecule has 22 heavy (non-hydrogen) atoms. The molecule has 0 aliphatic heterocycles. The van der Waals surface area contributed by atoms with Crippen LogP contribution in [0.5, 0.6) is 5.75 Å². The van der Waals surface area contributed by atoms with Crippen LogP contribution in [0.3, 0.4) is 0 Å². The SMILES string of the molecule is COc1c(C)cc(NC(=O)[C@]2(OC)CCC[C@H](C)C2)cc1C.